The predicted octanol–water partition coefficient (Wildman–Crippen LogP) is 2.43. The Labute approximate surface area is 153 Å². The van der Waals surface area contributed by atoms with E-state index in [1.807, 2.05) is 12.1 Å². The standard InChI is InChI=1S/C20H25FN4O/c21-17-6-8-18(9-7-17)24-12-10-23(11-13-24)15-25-20(26)14-16-4-2-1-3-5-19(16)22-25/h6-9,14H,1-5,10-13,15H2. The van der Waals surface area contributed by atoms with Gasteiger partial charge < -0.3 is 4.90 Å². The molecule has 0 N–H and O–H groups in total. The summed E-state index contributed by atoms with van der Waals surface area (Å²) in [6, 6.07) is 8.44. The summed E-state index contributed by atoms with van der Waals surface area (Å²) in [4.78, 5) is 16.9. The molecule has 1 saturated heterocycles. The molecular formula is C20H25FN4O. The highest BCUT2D eigenvalue weighted by molar-refractivity contribution is 5.46. The maximum atomic E-state index is 13.1. The molecule has 1 aromatic carbocycles. The number of fused-ring (bicyclic) bond motifs is 1. The first-order valence-corrected chi connectivity index (χ1v) is 9.52. The first-order valence-electron chi connectivity index (χ1n) is 9.52. The van der Waals surface area contributed by atoms with Gasteiger partial charge in [0.05, 0.1) is 12.4 Å². The van der Waals surface area contributed by atoms with Gasteiger partial charge in [0.1, 0.15) is 5.82 Å². The second-order valence-corrected chi connectivity index (χ2v) is 7.24. The Kier molecular flexibility index (Phi) is 5.02. The number of benzene rings is 1. The zero-order valence-electron chi connectivity index (χ0n) is 15.0. The molecular weight excluding hydrogens is 331 g/mol. The van der Waals surface area contributed by atoms with Crippen molar-refractivity contribution in [3.05, 3.63) is 57.8 Å². The zero-order chi connectivity index (χ0) is 17.9. The van der Waals surface area contributed by atoms with Crippen molar-refractivity contribution in [2.45, 2.75) is 38.8 Å². The largest absolute Gasteiger partial charge is 0.369 e. The minimum absolute atomic E-state index is 0.00612. The number of nitrogens with zero attached hydrogens (tertiary/aromatic N) is 4. The highest BCUT2D eigenvalue weighted by Crippen LogP contribution is 2.18. The molecule has 0 saturated carbocycles. The molecule has 6 heteroatoms. The summed E-state index contributed by atoms with van der Waals surface area (Å²) in [5.74, 6) is -0.207. The van der Waals surface area contributed by atoms with Crippen molar-refractivity contribution >= 4 is 5.69 Å². The molecule has 1 aromatic heterocycles. The van der Waals surface area contributed by atoms with Crippen molar-refractivity contribution in [1.82, 2.24) is 14.7 Å². The van der Waals surface area contributed by atoms with Crippen molar-refractivity contribution in [1.29, 1.82) is 0 Å². The number of aromatic nitrogens is 2. The van der Waals surface area contributed by atoms with Crippen LogP contribution in [-0.2, 0) is 19.5 Å². The van der Waals surface area contributed by atoms with Gasteiger partial charge in [0.2, 0.25) is 0 Å². The number of anilines is 1. The van der Waals surface area contributed by atoms with Gasteiger partial charge in [-0.25, -0.2) is 9.07 Å². The van der Waals surface area contributed by atoms with Crippen LogP contribution in [0, 0.1) is 5.82 Å². The van der Waals surface area contributed by atoms with E-state index in [1.165, 1.54) is 18.6 Å². The quantitative estimate of drug-likeness (QED) is 0.792. The van der Waals surface area contributed by atoms with Crippen molar-refractivity contribution in [2.24, 2.45) is 0 Å². The Morgan fingerprint density at radius 2 is 1.69 bits per heavy atom. The predicted molar refractivity (Wildman–Crippen MR) is 99.9 cm³/mol. The molecule has 26 heavy (non-hydrogen) atoms. The van der Waals surface area contributed by atoms with Gasteiger partial charge in [0, 0.05) is 37.9 Å². The molecule has 2 heterocycles. The van der Waals surface area contributed by atoms with Gasteiger partial charge in [-0.05, 0) is 55.5 Å². The number of aryl methyl sites for hydroxylation is 2. The van der Waals surface area contributed by atoms with Crippen molar-refractivity contribution in [3.8, 4) is 0 Å². The van der Waals surface area contributed by atoms with E-state index >= 15 is 0 Å². The highest BCUT2D eigenvalue weighted by atomic mass is 19.1. The van der Waals surface area contributed by atoms with Gasteiger partial charge in [0.25, 0.3) is 5.56 Å². The topological polar surface area (TPSA) is 41.4 Å². The fraction of sp³-hybridized carbons (Fsp3) is 0.500. The molecule has 1 fully saturated rings. The Balaban J connectivity index is 1.40. The molecule has 4 rings (SSSR count). The normalized spacial score (nSPS) is 18.4. The summed E-state index contributed by atoms with van der Waals surface area (Å²) in [6.45, 7) is 4.01. The van der Waals surface area contributed by atoms with Crippen LogP contribution in [0.1, 0.15) is 30.5 Å². The van der Waals surface area contributed by atoms with Crippen LogP contribution in [0.3, 0.4) is 0 Å². The molecule has 5 nitrogen and oxygen atoms in total. The van der Waals surface area contributed by atoms with E-state index < -0.39 is 0 Å². The summed E-state index contributed by atoms with van der Waals surface area (Å²) in [6.07, 6.45) is 5.50. The Morgan fingerprint density at radius 3 is 2.46 bits per heavy atom. The van der Waals surface area contributed by atoms with E-state index in [4.69, 9.17) is 0 Å². The van der Waals surface area contributed by atoms with E-state index in [9.17, 15) is 9.18 Å². The van der Waals surface area contributed by atoms with E-state index in [0.717, 1.165) is 68.8 Å². The van der Waals surface area contributed by atoms with Crippen molar-refractivity contribution in [3.63, 3.8) is 0 Å². The van der Waals surface area contributed by atoms with E-state index in [1.54, 1.807) is 10.7 Å². The van der Waals surface area contributed by atoms with Crippen LogP contribution in [0.4, 0.5) is 10.1 Å². The lowest BCUT2D eigenvalue weighted by molar-refractivity contribution is 0.190. The van der Waals surface area contributed by atoms with E-state index in [0.29, 0.717) is 6.67 Å². The van der Waals surface area contributed by atoms with Crippen LogP contribution < -0.4 is 10.5 Å². The third-order valence-corrected chi connectivity index (χ3v) is 5.42. The minimum Gasteiger partial charge on any atom is -0.369 e. The summed E-state index contributed by atoms with van der Waals surface area (Å²) >= 11 is 0. The van der Waals surface area contributed by atoms with Gasteiger partial charge in [-0.3, -0.25) is 9.69 Å². The summed E-state index contributed by atoms with van der Waals surface area (Å²) in [5, 5.41) is 4.66. The number of hydrogen-bond acceptors (Lipinski definition) is 4. The second-order valence-electron chi connectivity index (χ2n) is 7.24. The van der Waals surface area contributed by atoms with Crippen molar-refractivity contribution in [2.75, 3.05) is 31.1 Å². The number of piperazine rings is 1. The molecule has 0 bridgehead atoms. The molecule has 138 valence electrons. The lowest BCUT2D eigenvalue weighted by atomic mass is 10.1. The third-order valence-electron chi connectivity index (χ3n) is 5.42. The Hall–Kier alpha value is -2.21. The second kappa shape index (κ2) is 7.58. The van der Waals surface area contributed by atoms with Crippen LogP contribution >= 0.6 is 0 Å². The summed E-state index contributed by atoms with van der Waals surface area (Å²) < 4.78 is 14.7. The molecule has 1 aliphatic carbocycles. The van der Waals surface area contributed by atoms with Crippen LogP contribution in [0.2, 0.25) is 0 Å². The average Bonchev–Trinajstić information content (AvgIpc) is 2.88. The van der Waals surface area contributed by atoms with Gasteiger partial charge in [0.15, 0.2) is 0 Å². The molecule has 1 aliphatic heterocycles. The molecule has 0 amide bonds. The number of hydrogen-bond donors (Lipinski definition) is 0. The zero-order valence-corrected chi connectivity index (χ0v) is 15.0. The van der Waals surface area contributed by atoms with Crippen molar-refractivity contribution < 1.29 is 4.39 Å². The fourth-order valence-corrected chi connectivity index (χ4v) is 3.87. The first kappa shape index (κ1) is 17.2. The summed E-state index contributed by atoms with van der Waals surface area (Å²) in [5.41, 5.74) is 3.30. The molecule has 0 spiro atoms. The highest BCUT2D eigenvalue weighted by Gasteiger charge is 2.19. The number of halogens is 1. The Bertz CT molecular complexity index is 810. The maximum absolute atomic E-state index is 13.1. The average molecular weight is 356 g/mol. The Morgan fingerprint density at radius 1 is 0.962 bits per heavy atom. The van der Waals surface area contributed by atoms with Gasteiger partial charge in [-0.1, -0.05) is 6.42 Å². The molecule has 2 aliphatic rings. The van der Waals surface area contributed by atoms with Gasteiger partial charge in [-0.15, -0.1) is 0 Å². The van der Waals surface area contributed by atoms with Gasteiger partial charge in [-0.2, -0.15) is 5.10 Å². The van der Waals surface area contributed by atoms with E-state index in [-0.39, 0.29) is 11.4 Å². The maximum Gasteiger partial charge on any atom is 0.268 e. The SMILES string of the molecule is O=c1cc2c(nn1CN1CCN(c3ccc(F)cc3)CC1)CCCCC2. The fourth-order valence-electron chi connectivity index (χ4n) is 3.87. The third kappa shape index (κ3) is 3.80. The van der Waals surface area contributed by atoms with E-state index in [2.05, 4.69) is 14.9 Å². The van der Waals surface area contributed by atoms with Crippen LogP contribution in [0.15, 0.2) is 35.1 Å². The molecule has 0 atom stereocenters. The van der Waals surface area contributed by atoms with Crippen LogP contribution in [0.5, 0.6) is 0 Å². The molecule has 0 unspecified atom stereocenters. The monoisotopic (exact) mass is 356 g/mol. The molecule has 0 radical (unpaired) electrons. The lowest BCUT2D eigenvalue weighted by Crippen LogP contribution is -2.48. The minimum atomic E-state index is -0.207. The molecule has 2 aromatic rings. The summed E-state index contributed by atoms with van der Waals surface area (Å²) in [7, 11) is 0. The van der Waals surface area contributed by atoms with Gasteiger partial charge >= 0.3 is 0 Å². The van der Waals surface area contributed by atoms with Crippen LogP contribution in [-0.4, -0.2) is 40.9 Å². The lowest BCUT2D eigenvalue weighted by Gasteiger charge is -2.36. The van der Waals surface area contributed by atoms with Crippen LogP contribution in [0.25, 0.3) is 0 Å². The number of rotatable bonds is 3. The first-order chi connectivity index (χ1) is 12.7. The smallest absolute Gasteiger partial charge is 0.268 e.